The van der Waals surface area contributed by atoms with Crippen LogP contribution in [0, 0.1) is 0 Å². The summed E-state index contributed by atoms with van der Waals surface area (Å²) in [5, 5.41) is 0. The van der Waals surface area contributed by atoms with Gasteiger partial charge >= 0.3 is 0 Å². The van der Waals surface area contributed by atoms with Crippen LogP contribution in [-0.4, -0.2) is 34.6 Å². The van der Waals surface area contributed by atoms with Crippen LogP contribution in [0.4, 0.5) is 11.8 Å². The molecule has 4 nitrogen and oxygen atoms in total. The molecule has 5 heteroatoms. The number of nitrogen functional groups attached to an aromatic ring is 1. The van der Waals surface area contributed by atoms with Gasteiger partial charge in [-0.2, -0.15) is 16.7 Å². The molecule has 0 unspecified atom stereocenters. The maximum Gasteiger partial charge on any atom is 0.221 e. The average Bonchev–Trinajstić information content (AvgIpc) is 2.19. The van der Waals surface area contributed by atoms with Crippen molar-refractivity contribution in [3.63, 3.8) is 0 Å². The molecule has 0 atom stereocenters. The van der Waals surface area contributed by atoms with E-state index in [1.807, 2.05) is 17.8 Å². The van der Waals surface area contributed by atoms with E-state index in [0.717, 1.165) is 18.9 Å². The Hall–Kier alpha value is -0.970. The molecular weight excluding hydrogens is 184 g/mol. The second-order valence-corrected chi connectivity index (χ2v) is 4.10. The van der Waals surface area contributed by atoms with E-state index in [9.17, 15) is 0 Å². The van der Waals surface area contributed by atoms with E-state index >= 15 is 0 Å². The van der Waals surface area contributed by atoms with Crippen LogP contribution in [0.5, 0.6) is 0 Å². The molecule has 2 rings (SSSR count). The van der Waals surface area contributed by atoms with E-state index in [1.165, 1.54) is 11.5 Å². The highest BCUT2D eigenvalue weighted by atomic mass is 32.2. The van der Waals surface area contributed by atoms with Crippen molar-refractivity contribution in [2.45, 2.75) is 0 Å². The minimum Gasteiger partial charge on any atom is -0.368 e. The van der Waals surface area contributed by atoms with Crippen LogP contribution in [0.1, 0.15) is 0 Å². The number of nitrogens with zero attached hydrogens (tertiary/aromatic N) is 3. The fraction of sp³-hybridized carbons (Fsp3) is 0.500. The maximum absolute atomic E-state index is 5.51. The highest BCUT2D eigenvalue weighted by Crippen LogP contribution is 2.16. The van der Waals surface area contributed by atoms with E-state index in [-0.39, 0.29) is 0 Å². The summed E-state index contributed by atoms with van der Waals surface area (Å²) < 4.78 is 0. The first-order valence-corrected chi connectivity index (χ1v) is 5.43. The number of thioether (sulfide) groups is 1. The van der Waals surface area contributed by atoms with Crippen LogP contribution in [0.25, 0.3) is 0 Å². The standard InChI is InChI=1S/C8H12N4S/c9-8-10-2-1-7(11-8)12-3-5-13-6-4-12/h1-2H,3-6H2,(H2,9,10,11). The van der Waals surface area contributed by atoms with Crippen LogP contribution in [0.3, 0.4) is 0 Å². The summed E-state index contributed by atoms with van der Waals surface area (Å²) in [4.78, 5) is 10.3. The van der Waals surface area contributed by atoms with Crippen molar-refractivity contribution in [3.05, 3.63) is 12.3 Å². The number of aromatic nitrogens is 2. The third kappa shape index (κ3) is 2.03. The molecule has 0 saturated carbocycles. The van der Waals surface area contributed by atoms with Gasteiger partial charge in [0.2, 0.25) is 5.95 Å². The number of hydrogen-bond donors (Lipinski definition) is 1. The number of rotatable bonds is 1. The fourth-order valence-corrected chi connectivity index (χ4v) is 2.24. The SMILES string of the molecule is Nc1nccc(N2CCSCC2)n1. The second-order valence-electron chi connectivity index (χ2n) is 2.87. The Morgan fingerprint density at radius 3 is 2.85 bits per heavy atom. The van der Waals surface area contributed by atoms with Crippen LogP contribution >= 0.6 is 11.8 Å². The van der Waals surface area contributed by atoms with E-state index < -0.39 is 0 Å². The second kappa shape index (κ2) is 3.83. The van der Waals surface area contributed by atoms with Gasteiger partial charge in [0.05, 0.1) is 0 Å². The summed E-state index contributed by atoms with van der Waals surface area (Å²) in [5.41, 5.74) is 5.51. The molecule has 2 heterocycles. The zero-order chi connectivity index (χ0) is 9.10. The van der Waals surface area contributed by atoms with Crippen molar-refractivity contribution in [1.82, 2.24) is 9.97 Å². The first-order valence-electron chi connectivity index (χ1n) is 4.27. The van der Waals surface area contributed by atoms with Gasteiger partial charge in [0.1, 0.15) is 5.82 Å². The molecule has 0 bridgehead atoms. The summed E-state index contributed by atoms with van der Waals surface area (Å²) >= 11 is 1.98. The molecule has 70 valence electrons. The molecule has 2 N–H and O–H groups in total. The smallest absolute Gasteiger partial charge is 0.221 e. The van der Waals surface area contributed by atoms with Crippen LogP contribution < -0.4 is 10.6 Å². The van der Waals surface area contributed by atoms with E-state index in [1.54, 1.807) is 6.20 Å². The monoisotopic (exact) mass is 196 g/mol. The van der Waals surface area contributed by atoms with Gasteiger partial charge in [-0.15, -0.1) is 0 Å². The third-order valence-corrected chi connectivity index (χ3v) is 2.94. The summed E-state index contributed by atoms with van der Waals surface area (Å²) in [7, 11) is 0. The number of hydrogen-bond acceptors (Lipinski definition) is 5. The van der Waals surface area contributed by atoms with Crippen molar-refractivity contribution in [2.75, 3.05) is 35.2 Å². The molecule has 13 heavy (non-hydrogen) atoms. The van der Waals surface area contributed by atoms with Crippen molar-refractivity contribution >= 4 is 23.5 Å². The van der Waals surface area contributed by atoms with Crippen molar-refractivity contribution < 1.29 is 0 Å². The van der Waals surface area contributed by atoms with Gasteiger partial charge < -0.3 is 10.6 Å². The largest absolute Gasteiger partial charge is 0.368 e. The number of nitrogens with two attached hydrogens (primary N) is 1. The zero-order valence-corrected chi connectivity index (χ0v) is 8.13. The summed E-state index contributed by atoms with van der Waals surface area (Å²) in [6.45, 7) is 2.11. The van der Waals surface area contributed by atoms with Gasteiger partial charge in [-0.25, -0.2) is 4.98 Å². The van der Waals surface area contributed by atoms with Crippen LogP contribution in [0.2, 0.25) is 0 Å². The minimum absolute atomic E-state index is 0.357. The van der Waals surface area contributed by atoms with Gasteiger partial charge in [-0.05, 0) is 6.07 Å². The van der Waals surface area contributed by atoms with Crippen LogP contribution in [0.15, 0.2) is 12.3 Å². The molecule has 1 aliphatic heterocycles. The Kier molecular flexibility index (Phi) is 2.54. The molecule has 0 spiro atoms. The van der Waals surface area contributed by atoms with Crippen molar-refractivity contribution in [1.29, 1.82) is 0 Å². The van der Waals surface area contributed by atoms with Gasteiger partial charge in [-0.1, -0.05) is 0 Å². The summed E-state index contributed by atoms with van der Waals surface area (Å²) in [5.74, 6) is 3.65. The highest BCUT2D eigenvalue weighted by Gasteiger charge is 2.11. The zero-order valence-electron chi connectivity index (χ0n) is 7.31. The van der Waals surface area contributed by atoms with E-state index in [4.69, 9.17) is 5.73 Å². The Labute approximate surface area is 81.5 Å². The van der Waals surface area contributed by atoms with Gasteiger partial charge in [0.15, 0.2) is 0 Å². The Bertz CT molecular complexity index is 285. The molecule has 0 aromatic carbocycles. The average molecular weight is 196 g/mol. The Balaban J connectivity index is 2.14. The molecule has 0 aliphatic carbocycles. The predicted molar refractivity (Wildman–Crippen MR) is 56.0 cm³/mol. The van der Waals surface area contributed by atoms with Gasteiger partial charge in [0, 0.05) is 30.8 Å². The normalized spacial score (nSPS) is 17.4. The molecule has 0 radical (unpaired) electrons. The molecule has 1 fully saturated rings. The molecule has 1 aromatic rings. The summed E-state index contributed by atoms with van der Waals surface area (Å²) in [6.07, 6.45) is 1.71. The van der Waals surface area contributed by atoms with Gasteiger partial charge in [-0.3, -0.25) is 0 Å². The topological polar surface area (TPSA) is 55.0 Å². The Morgan fingerprint density at radius 2 is 2.15 bits per heavy atom. The molecular formula is C8H12N4S. The lowest BCUT2D eigenvalue weighted by molar-refractivity contribution is 0.837. The Morgan fingerprint density at radius 1 is 1.38 bits per heavy atom. The molecule has 1 aromatic heterocycles. The lowest BCUT2D eigenvalue weighted by Gasteiger charge is -2.27. The van der Waals surface area contributed by atoms with Crippen molar-refractivity contribution in [2.24, 2.45) is 0 Å². The van der Waals surface area contributed by atoms with E-state index in [0.29, 0.717) is 5.95 Å². The van der Waals surface area contributed by atoms with Crippen LogP contribution in [-0.2, 0) is 0 Å². The third-order valence-electron chi connectivity index (χ3n) is 1.99. The van der Waals surface area contributed by atoms with E-state index in [2.05, 4.69) is 14.9 Å². The maximum atomic E-state index is 5.51. The van der Waals surface area contributed by atoms with Gasteiger partial charge in [0.25, 0.3) is 0 Å². The first kappa shape index (κ1) is 8.62. The lowest BCUT2D eigenvalue weighted by atomic mass is 10.4. The minimum atomic E-state index is 0.357. The van der Waals surface area contributed by atoms with Crippen molar-refractivity contribution in [3.8, 4) is 0 Å². The lowest BCUT2D eigenvalue weighted by Crippen LogP contribution is -2.33. The predicted octanol–water partition coefficient (Wildman–Crippen LogP) is 0.612. The molecule has 0 amide bonds. The first-order chi connectivity index (χ1) is 6.36. The number of anilines is 2. The quantitative estimate of drug-likeness (QED) is 0.713. The molecule has 1 aliphatic rings. The molecule has 1 saturated heterocycles. The fourth-order valence-electron chi connectivity index (χ4n) is 1.33. The highest BCUT2D eigenvalue weighted by molar-refractivity contribution is 7.99. The summed E-state index contributed by atoms with van der Waals surface area (Å²) in [6, 6.07) is 1.91.